The molecule has 96 valence electrons. The number of nitrogens with zero attached hydrogens (tertiary/aromatic N) is 2. The largest absolute Gasteiger partial charge is 0.451 e. The van der Waals surface area contributed by atoms with E-state index < -0.39 is 12.0 Å². The van der Waals surface area contributed by atoms with Crippen molar-refractivity contribution >= 4 is 17.4 Å². The van der Waals surface area contributed by atoms with Gasteiger partial charge in [-0.15, -0.1) is 0 Å². The molecule has 3 nitrogen and oxygen atoms in total. The van der Waals surface area contributed by atoms with Crippen LogP contribution in [0.5, 0.6) is 0 Å². The minimum Gasteiger partial charge on any atom is -0.367 e. The van der Waals surface area contributed by atoms with Crippen molar-refractivity contribution in [1.29, 1.82) is 0 Å². The van der Waals surface area contributed by atoms with E-state index in [1.54, 1.807) is 0 Å². The Bertz CT molecular complexity index is 393. The first-order valence-corrected chi connectivity index (χ1v) is 5.46. The molecule has 0 saturated heterocycles. The highest BCUT2D eigenvalue weighted by Crippen LogP contribution is 2.28. The highest BCUT2D eigenvalue weighted by Gasteiger charge is 2.35. The predicted octanol–water partition coefficient (Wildman–Crippen LogP) is 3.61. The monoisotopic (exact) mass is 267 g/mol. The minimum absolute atomic E-state index is 0.0120. The third-order valence-electron chi connectivity index (χ3n) is 2.32. The number of anilines is 1. The van der Waals surface area contributed by atoms with Crippen molar-refractivity contribution in [2.75, 3.05) is 5.32 Å². The Morgan fingerprint density at radius 3 is 2.29 bits per heavy atom. The average Bonchev–Trinajstić information content (AvgIpc) is 2.15. The van der Waals surface area contributed by atoms with Crippen LogP contribution in [0.3, 0.4) is 0 Å². The van der Waals surface area contributed by atoms with E-state index in [1.807, 2.05) is 20.8 Å². The first-order chi connectivity index (χ1) is 7.70. The number of halogens is 4. The summed E-state index contributed by atoms with van der Waals surface area (Å²) in [7, 11) is 0. The molecular formula is C10H13ClF3N3. The zero-order chi connectivity index (χ0) is 13.2. The summed E-state index contributed by atoms with van der Waals surface area (Å²) in [6.07, 6.45) is -4.59. The maximum absolute atomic E-state index is 12.4. The third kappa shape index (κ3) is 4.03. The summed E-state index contributed by atoms with van der Waals surface area (Å²) in [6, 6.07) is 1.26. The van der Waals surface area contributed by atoms with Crippen LogP contribution in [-0.4, -0.2) is 16.0 Å². The zero-order valence-corrected chi connectivity index (χ0v) is 10.4. The number of aromatic nitrogens is 2. The van der Waals surface area contributed by atoms with E-state index in [0.717, 1.165) is 0 Å². The Hall–Kier alpha value is -1.04. The highest BCUT2D eigenvalue weighted by molar-refractivity contribution is 6.29. The normalized spacial score (nSPS) is 13.9. The van der Waals surface area contributed by atoms with Crippen LogP contribution in [0.1, 0.15) is 26.6 Å². The van der Waals surface area contributed by atoms with Crippen molar-refractivity contribution in [3.05, 3.63) is 17.0 Å². The first-order valence-electron chi connectivity index (χ1n) is 5.08. The Labute approximate surface area is 102 Å². The summed E-state index contributed by atoms with van der Waals surface area (Å²) >= 11 is 5.53. The molecule has 0 aliphatic heterocycles. The van der Waals surface area contributed by atoms with Gasteiger partial charge in [-0.3, -0.25) is 0 Å². The van der Waals surface area contributed by atoms with Gasteiger partial charge in [-0.2, -0.15) is 13.2 Å². The fourth-order valence-electron chi connectivity index (χ4n) is 1.02. The van der Waals surface area contributed by atoms with E-state index in [9.17, 15) is 13.2 Å². The number of nitrogens with one attached hydrogen (secondary N) is 1. The molecule has 0 bridgehead atoms. The van der Waals surface area contributed by atoms with Crippen molar-refractivity contribution in [3.8, 4) is 0 Å². The van der Waals surface area contributed by atoms with Gasteiger partial charge in [0, 0.05) is 12.1 Å². The molecular weight excluding hydrogens is 255 g/mol. The Morgan fingerprint density at radius 1 is 1.24 bits per heavy atom. The molecule has 0 aliphatic carbocycles. The third-order valence-corrected chi connectivity index (χ3v) is 2.52. The molecule has 1 unspecified atom stereocenters. The molecule has 0 aromatic carbocycles. The summed E-state index contributed by atoms with van der Waals surface area (Å²) in [4.78, 5) is 6.54. The van der Waals surface area contributed by atoms with Gasteiger partial charge in [0.1, 0.15) is 11.0 Å². The molecule has 0 spiro atoms. The van der Waals surface area contributed by atoms with Crippen molar-refractivity contribution in [2.45, 2.75) is 33.0 Å². The molecule has 7 heteroatoms. The molecule has 0 fully saturated rings. The lowest BCUT2D eigenvalue weighted by atomic mass is 10.1. The van der Waals surface area contributed by atoms with Crippen LogP contribution >= 0.6 is 11.6 Å². The van der Waals surface area contributed by atoms with Gasteiger partial charge >= 0.3 is 6.18 Å². The van der Waals surface area contributed by atoms with Gasteiger partial charge in [0.2, 0.25) is 5.82 Å². The fourth-order valence-corrected chi connectivity index (χ4v) is 1.20. The van der Waals surface area contributed by atoms with Crippen molar-refractivity contribution in [1.82, 2.24) is 9.97 Å². The van der Waals surface area contributed by atoms with E-state index >= 15 is 0 Å². The van der Waals surface area contributed by atoms with Crippen LogP contribution in [0.15, 0.2) is 6.07 Å². The standard InChI is InChI=1S/C10H13ClF3N3/c1-5(2)6(3)15-8-4-7(11)16-9(17-8)10(12,13)14/h4-6H,1-3H3,(H,15,16,17). The second-order valence-electron chi connectivity index (χ2n) is 4.07. The van der Waals surface area contributed by atoms with E-state index in [2.05, 4.69) is 15.3 Å². The smallest absolute Gasteiger partial charge is 0.367 e. The van der Waals surface area contributed by atoms with Gasteiger partial charge in [-0.05, 0) is 12.8 Å². The predicted molar refractivity (Wildman–Crippen MR) is 60.0 cm³/mol. The molecule has 1 aromatic heterocycles. The van der Waals surface area contributed by atoms with Crippen LogP contribution in [0.4, 0.5) is 19.0 Å². The molecule has 1 aromatic rings. The molecule has 1 rings (SSSR count). The molecule has 0 aliphatic rings. The second-order valence-corrected chi connectivity index (χ2v) is 4.46. The van der Waals surface area contributed by atoms with Crippen LogP contribution in [-0.2, 0) is 6.18 Å². The lowest BCUT2D eigenvalue weighted by Gasteiger charge is -2.18. The van der Waals surface area contributed by atoms with Gasteiger partial charge in [0.25, 0.3) is 0 Å². The van der Waals surface area contributed by atoms with Gasteiger partial charge < -0.3 is 5.32 Å². The van der Waals surface area contributed by atoms with E-state index in [0.29, 0.717) is 0 Å². The Balaban J connectivity index is 2.98. The molecule has 1 heterocycles. The lowest BCUT2D eigenvalue weighted by Crippen LogP contribution is -2.23. The molecule has 17 heavy (non-hydrogen) atoms. The molecule has 1 atom stereocenters. The highest BCUT2D eigenvalue weighted by atomic mass is 35.5. The number of rotatable bonds is 3. The molecule has 0 amide bonds. The number of hydrogen-bond acceptors (Lipinski definition) is 3. The van der Waals surface area contributed by atoms with Gasteiger partial charge in [0.15, 0.2) is 0 Å². The van der Waals surface area contributed by atoms with E-state index in [4.69, 9.17) is 11.6 Å². The van der Waals surface area contributed by atoms with Crippen molar-refractivity contribution in [2.24, 2.45) is 5.92 Å². The number of hydrogen-bond donors (Lipinski definition) is 1. The minimum atomic E-state index is -4.59. The molecule has 1 N–H and O–H groups in total. The Morgan fingerprint density at radius 2 is 1.82 bits per heavy atom. The zero-order valence-electron chi connectivity index (χ0n) is 9.64. The van der Waals surface area contributed by atoms with E-state index in [1.165, 1.54) is 6.07 Å². The van der Waals surface area contributed by atoms with Crippen LogP contribution in [0.25, 0.3) is 0 Å². The quantitative estimate of drug-likeness (QED) is 0.850. The molecule has 0 radical (unpaired) electrons. The topological polar surface area (TPSA) is 37.8 Å². The first kappa shape index (κ1) is 14.0. The van der Waals surface area contributed by atoms with Gasteiger partial charge in [0.05, 0.1) is 0 Å². The second kappa shape index (κ2) is 5.08. The maximum Gasteiger partial charge on any atom is 0.451 e. The fraction of sp³-hybridized carbons (Fsp3) is 0.600. The SMILES string of the molecule is CC(C)C(C)Nc1cc(Cl)nc(C(F)(F)F)n1. The summed E-state index contributed by atoms with van der Waals surface area (Å²) in [5, 5.41) is 2.63. The molecule has 0 saturated carbocycles. The summed E-state index contributed by atoms with van der Waals surface area (Å²) < 4.78 is 37.3. The van der Waals surface area contributed by atoms with Crippen molar-refractivity contribution < 1.29 is 13.2 Å². The number of alkyl halides is 3. The van der Waals surface area contributed by atoms with Gasteiger partial charge in [-0.25, -0.2) is 9.97 Å². The van der Waals surface area contributed by atoms with Crippen LogP contribution in [0.2, 0.25) is 5.15 Å². The average molecular weight is 268 g/mol. The maximum atomic E-state index is 12.4. The summed E-state index contributed by atoms with van der Waals surface area (Å²) in [5.41, 5.74) is 0. The Kier molecular flexibility index (Phi) is 4.19. The lowest BCUT2D eigenvalue weighted by molar-refractivity contribution is -0.144. The van der Waals surface area contributed by atoms with E-state index in [-0.39, 0.29) is 22.9 Å². The summed E-state index contributed by atoms with van der Waals surface area (Å²) in [5.74, 6) is -0.889. The van der Waals surface area contributed by atoms with Crippen molar-refractivity contribution in [3.63, 3.8) is 0 Å². The van der Waals surface area contributed by atoms with Crippen LogP contribution in [0, 0.1) is 5.92 Å². The summed E-state index contributed by atoms with van der Waals surface area (Å²) in [6.45, 7) is 5.75. The van der Waals surface area contributed by atoms with Gasteiger partial charge in [-0.1, -0.05) is 25.4 Å². The van der Waals surface area contributed by atoms with Crippen LogP contribution < -0.4 is 5.32 Å².